The van der Waals surface area contributed by atoms with Crippen molar-refractivity contribution in [2.45, 2.75) is 19.4 Å². The second-order valence-electron chi connectivity index (χ2n) is 5.54. The number of hydrogen-bond acceptors (Lipinski definition) is 3. The van der Waals surface area contributed by atoms with Crippen LogP contribution >= 0.6 is 0 Å². The minimum absolute atomic E-state index is 0.246. The average Bonchev–Trinajstić information content (AvgIpc) is 2.39. The third kappa shape index (κ3) is 3.55. The zero-order valence-electron chi connectivity index (χ0n) is 11.6. The lowest BCUT2D eigenvalue weighted by Gasteiger charge is -2.36. The molecule has 1 unspecified atom stereocenters. The molecule has 20 heavy (non-hydrogen) atoms. The van der Waals surface area contributed by atoms with E-state index < -0.39 is 11.4 Å². The molecule has 0 radical (unpaired) electrons. The zero-order chi connectivity index (χ0) is 14.6. The van der Waals surface area contributed by atoms with Crippen LogP contribution < -0.4 is 0 Å². The van der Waals surface area contributed by atoms with Crippen molar-refractivity contribution in [3.05, 3.63) is 35.6 Å². The first kappa shape index (κ1) is 14.9. The van der Waals surface area contributed by atoms with Crippen molar-refractivity contribution in [2.24, 2.45) is 5.41 Å². The predicted octanol–water partition coefficient (Wildman–Crippen LogP) is 2.14. The fraction of sp³-hybridized carbons (Fsp3) is 0.533. The van der Waals surface area contributed by atoms with Crippen molar-refractivity contribution >= 4 is 5.97 Å². The van der Waals surface area contributed by atoms with Gasteiger partial charge in [0.1, 0.15) is 11.2 Å². The number of halogens is 1. The summed E-state index contributed by atoms with van der Waals surface area (Å²) in [7, 11) is 1.85. The fourth-order valence-corrected chi connectivity index (χ4v) is 2.73. The summed E-state index contributed by atoms with van der Waals surface area (Å²) in [6.07, 6.45) is 1.38. The van der Waals surface area contributed by atoms with E-state index in [0.717, 1.165) is 12.0 Å². The molecule has 1 heterocycles. The molecule has 1 saturated heterocycles. The van der Waals surface area contributed by atoms with Crippen molar-refractivity contribution < 1.29 is 19.0 Å². The number of aliphatic carboxylic acids is 1. The molecule has 1 aromatic rings. The first-order valence-electron chi connectivity index (χ1n) is 6.76. The van der Waals surface area contributed by atoms with E-state index in [1.165, 1.54) is 12.1 Å². The summed E-state index contributed by atoms with van der Waals surface area (Å²) in [4.78, 5) is 13.5. The topological polar surface area (TPSA) is 49.8 Å². The van der Waals surface area contributed by atoms with Crippen LogP contribution in [0.5, 0.6) is 0 Å². The molecule has 1 aromatic carbocycles. The van der Waals surface area contributed by atoms with E-state index in [9.17, 15) is 14.3 Å². The summed E-state index contributed by atoms with van der Waals surface area (Å²) in [6.45, 7) is 1.80. The number of benzene rings is 1. The molecular weight excluding hydrogens is 261 g/mol. The van der Waals surface area contributed by atoms with Crippen molar-refractivity contribution in [1.82, 2.24) is 4.90 Å². The highest BCUT2D eigenvalue weighted by Gasteiger charge is 2.41. The van der Waals surface area contributed by atoms with Gasteiger partial charge in [-0.25, -0.2) is 4.39 Å². The Morgan fingerprint density at radius 3 is 2.95 bits per heavy atom. The van der Waals surface area contributed by atoms with Gasteiger partial charge in [-0.15, -0.1) is 0 Å². The SMILES string of the molecule is CN(Cc1cccc(F)c1)CC1(C(=O)O)CCCOC1. The maximum absolute atomic E-state index is 13.1. The summed E-state index contributed by atoms with van der Waals surface area (Å²) in [6, 6.07) is 6.37. The van der Waals surface area contributed by atoms with Gasteiger partial charge in [-0.3, -0.25) is 4.79 Å². The van der Waals surface area contributed by atoms with Gasteiger partial charge in [0.25, 0.3) is 0 Å². The van der Waals surface area contributed by atoms with Crippen LogP contribution in [-0.2, 0) is 16.1 Å². The van der Waals surface area contributed by atoms with Crippen LogP contribution in [0.3, 0.4) is 0 Å². The molecule has 0 amide bonds. The Labute approximate surface area is 118 Å². The molecule has 1 fully saturated rings. The quantitative estimate of drug-likeness (QED) is 0.898. The van der Waals surface area contributed by atoms with Crippen molar-refractivity contribution in [1.29, 1.82) is 0 Å². The number of carbonyl (C=O) groups is 1. The van der Waals surface area contributed by atoms with Crippen molar-refractivity contribution in [3.8, 4) is 0 Å². The highest BCUT2D eigenvalue weighted by atomic mass is 19.1. The second kappa shape index (κ2) is 6.33. The molecule has 5 heteroatoms. The number of nitrogens with zero attached hydrogens (tertiary/aromatic N) is 1. The lowest BCUT2D eigenvalue weighted by atomic mass is 9.82. The van der Waals surface area contributed by atoms with Crippen LogP contribution in [0.1, 0.15) is 18.4 Å². The minimum atomic E-state index is -0.847. The lowest BCUT2D eigenvalue weighted by Crippen LogP contribution is -2.47. The molecule has 0 saturated carbocycles. The first-order valence-corrected chi connectivity index (χ1v) is 6.76. The van der Waals surface area contributed by atoms with Gasteiger partial charge < -0.3 is 14.7 Å². The van der Waals surface area contributed by atoms with E-state index >= 15 is 0 Å². The van der Waals surface area contributed by atoms with Gasteiger partial charge in [0.15, 0.2) is 0 Å². The highest BCUT2D eigenvalue weighted by molar-refractivity contribution is 5.75. The molecule has 1 aliphatic heterocycles. The lowest BCUT2D eigenvalue weighted by molar-refractivity contribution is -0.159. The number of ether oxygens (including phenoxy) is 1. The Hall–Kier alpha value is -1.46. The van der Waals surface area contributed by atoms with E-state index in [0.29, 0.717) is 26.1 Å². The number of rotatable bonds is 5. The summed E-state index contributed by atoms with van der Waals surface area (Å²) >= 11 is 0. The molecule has 4 nitrogen and oxygen atoms in total. The largest absolute Gasteiger partial charge is 0.481 e. The normalized spacial score (nSPS) is 22.9. The number of carboxylic acid groups (broad SMARTS) is 1. The van der Waals surface area contributed by atoms with Crippen LogP contribution in [0, 0.1) is 11.2 Å². The molecule has 0 aromatic heterocycles. The van der Waals surface area contributed by atoms with Crippen LogP contribution in [0.4, 0.5) is 4.39 Å². The van der Waals surface area contributed by atoms with Crippen LogP contribution in [0.2, 0.25) is 0 Å². The first-order chi connectivity index (χ1) is 9.52. The minimum Gasteiger partial charge on any atom is -0.481 e. The van der Waals surface area contributed by atoms with Gasteiger partial charge in [0.2, 0.25) is 0 Å². The molecule has 110 valence electrons. The second-order valence-corrected chi connectivity index (χ2v) is 5.54. The molecule has 1 N–H and O–H groups in total. The van der Waals surface area contributed by atoms with E-state index in [1.807, 2.05) is 18.0 Å². The maximum atomic E-state index is 13.1. The van der Waals surface area contributed by atoms with Gasteiger partial charge in [-0.05, 0) is 37.6 Å². The van der Waals surface area contributed by atoms with Gasteiger partial charge in [-0.2, -0.15) is 0 Å². The Morgan fingerprint density at radius 1 is 1.55 bits per heavy atom. The van der Waals surface area contributed by atoms with E-state index in [2.05, 4.69) is 0 Å². The molecule has 2 rings (SSSR count). The van der Waals surface area contributed by atoms with Crippen LogP contribution in [-0.4, -0.2) is 42.8 Å². The van der Waals surface area contributed by atoms with Crippen LogP contribution in [0.15, 0.2) is 24.3 Å². The molecule has 0 spiro atoms. The van der Waals surface area contributed by atoms with Gasteiger partial charge in [0.05, 0.1) is 6.61 Å². The Bertz CT molecular complexity index is 472. The average molecular weight is 281 g/mol. The Morgan fingerprint density at radius 2 is 2.35 bits per heavy atom. The van der Waals surface area contributed by atoms with Gasteiger partial charge in [0, 0.05) is 19.7 Å². The smallest absolute Gasteiger partial charge is 0.313 e. The molecule has 0 bridgehead atoms. The van der Waals surface area contributed by atoms with E-state index in [4.69, 9.17) is 4.74 Å². The van der Waals surface area contributed by atoms with E-state index in [1.54, 1.807) is 6.07 Å². The number of hydrogen-bond donors (Lipinski definition) is 1. The van der Waals surface area contributed by atoms with E-state index in [-0.39, 0.29) is 12.4 Å². The standard InChI is InChI=1S/C15H20FNO3/c1-17(9-12-4-2-5-13(16)8-12)10-15(14(18)19)6-3-7-20-11-15/h2,4-5,8H,3,6-7,9-11H2,1H3,(H,18,19). The van der Waals surface area contributed by atoms with Gasteiger partial charge in [-0.1, -0.05) is 12.1 Å². The summed E-state index contributed by atoms with van der Waals surface area (Å²) in [5, 5.41) is 9.48. The molecule has 1 atom stereocenters. The molecular formula is C15H20FNO3. The summed E-state index contributed by atoms with van der Waals surface area (Å²) < 4.78 is 18.5. The van der Waals surface area contributed by atoms with Crippen LogP contribution in [0.25, 0.3) is 0 Å². The monoisotopic (exact) mass is 281 g/mol. The van der Waals surface area contributed by atoms with Crippen molar-refractivity contribution in [3.63, 3.8) is 0 Å². The summed E-state index contributed by atoms with van der Waals surface area (Å²) in [5.41, 5.74) is -0.00915. The maximum Gasteiger partial charge on any atom is 0.313 e. The van der Waals surface area contributed by atoms with Crippen molar-refractivity contribution in [2.75, 3.05) is 26.8 Å². The van der Waals surface area contributed by atoms with Gasteiger partial charge >= 0.3 is 5.97 Å². The molecule has 1 aliphatic rings. The Kier molecular flexibility index (Phi) is 4.73. The fourth-order valence-electron chi connectivity index (χ4n) is 2.73. The Balaban J connectivity index is 2.01. The number of carboxylic acids is 1. The third-order valence-corrected chi connectivity index (χ3v) is 3.69. The third-order valence-electron chi connectivity index (χ3n) is 3.69. The highest BCUT2D eigenvalue weighted by Crippen LogP contribution is 2.30. The molecule has 0 aliphatic carbocycles. The summed E-state index contributed by atoms with van der Waals surface area (Å²) in [5.74, 6) is -1.09. The predicted molar refractivity (Wildman–Crippen MR) is 72.9 cm³/mol. The zero-order valence-corrected chi connectivity index (χ0v) is 11.6.